The molecule has 0 spiro atoms. The van der Waals surface area contributed by atoms with Gasteiger partial charge in [-0.3, -0.25) is 4.57 Å². The van der Waals surface area contributed by atoms with Crippen molar-refractivity contribution >= 4 is 17.0 Å². The fraction of sp³-hybridized carbons (Fsp3) is 0.737. The molecular formula is C19H32N6O2. The van der Waals surface area contributed by atoms with Crippen LogP contribution in [0.15, 0.2) is 4.79 Å². The van der Waals surface area contributed by atoms with E-state index in [0.29, 0.717) is 17.7 Å². The zero-order chi connectivity index (χ0) is 19.2. The van der Waals surface area contributed by atoms with E-state index in [-0.39, 0.29) is 23.6 Å². The SMILES string of the molecule is CCC[C@H](C)Oc1nc(N)c2[nH]c(=O)n(CCCCN3CCCCC3)c2n1. The first kappa shape index (κ1) is 19.7. The number of ether oxygens (including phenoxy) is 1. The Morgan fingerprint density at radius 1 is 1.19 bits per heavy atom. The van der Waals surface area contributed by atoms with E-state index in [1.807, 2.05) is 6.92 Å². The van der Waals surface area contributed by atoms with Gasteiger partial charge in [-0.15, -0.1) is 0 Å². The Labute approximate surface area is 160 Å². The summed E-state index contributed by atoms with van der Waals surface area (Å²) in [7, 11) is 0. The van der Waals surface area contributed by atoms with Gasteiger partial charge in [0, 0.05) is 6.54 Å². The molecule has 8 heteroatoms. The maximum Gasteiger partial charge on any atom is 0.327 e. The van der Waals surface area contributed by atoms with Gasteiger partial charge in [0.1, 0.15) is 5.52 Å². The van der Waals surface area contributed by atoms with Gasteiger partial charge >= 0.3 is 11.7 Å². The quantitative estimate of drug-likeness (QED) is 0.652. The van der Waals surface area contributed by atoms with Crippen molar-refractivity contribution < 1.29 is 4.74 Å². The normalized spacial score (nSPS) is 16.7. The highest BCUT2D eigenvalue weighted by Crippen LogP contribution is 2.19. The maximum absolute atomic E-state index is 12.4. The Hall–Kier alpha value is -2.09. The third-order valence-electron chi connectivity index (χ3n) is 5.19. The van der Waals surface area contributed by atoms with Crippen molar-refractivity contribution in [3.05, 3.63) is 10.5 Å². The summed E-state index contributed by atoms with van der Waals surface area (Å²) in [6.45, 7) is 8.20. The van der Waals surface area contributed by atoms with E-state index in [4.69, 9.17) is 10.5 Å². The lowest BCUT2D eigenvalue weighted by Gasteiger charge is -2.26. The molecule has 1 atom stereocenters. The number of aryl methyl sites for hydroxylation is 1. The molecule has 150 valence electrons. The molecule has 1 saturated heterocycles. The lowest BCUT2D eigenvalue weighted by atomic mass is 10.1. The topological polar surface area (TPSA) is 102 Å². The minimum Gasteiger partial charge on any atom is -0.460 e. The Bertz CT molecular complexity index is 793. The van der Waals surface area contributed by atoms with E-state index in [2.05, 4.69) is 26.8 Å². The van der Waals surface area contributed by atoms with Gasteiger partial charge in [-0.05, 0) is 58.7 Å². The number of hydrogen-bond acceptors (Lipinski definition) is 6. The van der Waals surface area contributed by atoms with Gasteiger partial charge < -0.3 is 20.4 Å². The van der Waals surface area contributed by atoms with Crippen molar-refractivity contribution in [2.75, 3.05) is 25.4 Å². The van der Waals surface area contributed by atoms with Crippen LogP contribution in [0, 0.1) is 0 Å². The van der Waals surface area contributed by atoms with Crippen LogP contribution in [0.3, 0.4) is 0 Å². The summed E-state index contributed by atoms with van der Waals surface area (Å²) >= 11 is 0. The minimum absolute atomic E-state index is 0.00973. The smallest absolute Gasteiger partial charge is 0.327 e. The second kappa shape index (κ2) is 9.21. The fourth-order valence-electron chi connectivity index (χ4n) is 3.72. The van der Waals surface area contributed by atoms with Crippen LogP contribution in [0.4, 0.5) is 5.82 Å². The monoisotopic (exact) mass is 376 g/mol. The summed E-state index contributed by atoms with van der Waals surface area (Å²) in [6.07, 6.45) is 7.89. The Morgan fingerprint density at radius 3 is 2.67 bits per heavy atom. The average molecular weight is 377 g/mol. The van der Waals surface area contributed by atoms with E-state index in [1.54, 1.807) is 4.57 Å². The number of rotatable bonds is 9. The van der Waals surface area contributed by atoms with Crippen LogP contribution in [0.2, 0.25) is 0 Å². The van der Waals surface area contributed by atoms with Crippen molar-refractivity contribution in [1.82, 2.24) is 24.4 Å². The number of imidazole rings is 1. The Morgan fingerprint density at radius 2 is 1.93 bits per heavy atom. The molecule has 1 aliphatic heterocycles. The van der Waals surface area contributed by atoms with Gasteiger partial charge in [0.2, 0.25) is 0 Å². The zero-order valence-electron chi connectivity index (χ0n) is 16.5. The van der Waals surface area contributed by atoms with Crippen molar-refractivity contribution in [2.24, 2.45) is 0 Å². The third-order valence-corrected chi connectivity index (χ3v) is 5.19. The molecule has 0 aromatic carbocycles. The highest BCUT2D eigenvalue weighted by atomic mass is 16.5. The van der Waals surface area contributed by atoms with Crippen molar-refractivity contribution in [3.8, 4) is 6.01 Å². The molecule has 0 amide bonds. The number of nitrogens with two attached hydrogens (primary N) is 1. The first-order valence-corrected chi connectivity index (χ1v) is 10.2. The van der Waals surface area contributed by atoms with E-state index in [9.17, 15) is 4.79 Å². The largest absolute Gasteiger partial charge is 0.460 e. The fourth-order valence-corrected chi connectivity index (χ4v) is 3.72. The Balaban J connectivity index is 1.67. The number of H-pyrrole nitrogens is 1. The molecule has 2 aromatic rings. The molecule has 2 aromatic heterocycles. The molecule has 3 heterocycles. The van der Waals surface area contributed by atoms with Crippen LogP contribution in [-0.2, 0) is 6.54 Å². The number of nitrogen functional groups attached to an aromatic ring is 1. The number of unbranched alkanes of at least 4 members (excludes halogenated alkanes) is 1. The summed E-state index contributed by atoms with van der Waals surface area (Å²) in [6, 6.07) is 0.238. The third kappa shape index (κ3) is 5.00. The molecule has 27 heavy (non-hydrogen) atoms. The molecule has 0 saturated carbocycles. The van der Waals surface area contributed by atoms with Crippen LogP contribution in [0.25, 0.3) is 11.2 Å². The molecule has 0 aliphatic carbocycles. The number of hydrogen-bond donors (Lipinski definition) is 2. The van der Waals surface area contributed by atoms with Crippen LogP contribution in [0.5, 0.6) is 6.01 Å². The summed E-state index contributed by atoms with van der Waals surface area (Å²) in [5.41, 5.74) is 6.85. The van der Waals surface area contributed by atoms with Crippen LogP contribution in [-0.4, -0.2) is 50.2 Å². The van der Waals surface area contributed by atoms with Crippen LogP contribution < -0.4 is 16.2 Å². The van der Waals surface area contributed by atoms with Crippen LogP contribution >= 0.6 is 0 Å². The van der Waals surface area contributed by atoms with E-state index in [1.165, 1.54) is 32.4 Å². The summed E-state index contributed by atoms with van der Waals surface area (Å²) in [5.74, 6) is 0.253. The second-order valence-corrected chi connectivity index (χ2v) is 7.50. The molecular weight excluding hydrogens is 344 g/mol. The number of anilines is 1. The van der Waals surface area contributed by atoms with Gasteiger partial charge in [0.05, 0.1) is 6.10 Å². The number of likely N-dealkylation sites (tertiary alicyclic amines) is 1. The van der Waals surface area contributed by atoms with Gasteiger partial charge in [0.15, 0.2) is 11.5 Å². The van der Waals surface area contributed by atoms with Crippen molar-refractivity contribution in [1.29, 1.82) is 0 Å². The number of aromatic amines is 1. The molecule has 0 radical (unpaired) electrons. The molecule has 8 nitrogen and oxygen atoms in total. The maximum atomic E-state index is 12.4. The van der Waals surface area contributed by atoms with Crippen molar-refractivity contribution in [2.45, 2.75) is 71.4 Å². The molecule has 3 N–H and O–H groups in total. The predicted molar refractivity (Wildman–Crippen MR) is 107 cm³/mol. The number of aromatic nitrogens is 4. The van der Waals surface area contributed by atoms with E-state index in [0.717, 1.165) is 32.2 Å². The van der Waals surface area contributed by atoms with Gasteiger partial charge in [0.25, 0.3) is 0 Å². The van der Waals surface area contributed by atoms with Crippen LogP contribution in [0.1, 0.15) is 58.8 Å². The molecule has 0 unspecified atom stereocenters. The summed E-state index contributed by atoms with van der Waals surface area (Å²) in [5, 5.41) is 0. The first-order valence-electron chi connectivity index (χ1n) is 10.2. The van der Waals surface area contributed by atoms with E-state index >= 15 is 0 Å². The molecule has 0 bridgehead atoms. The van der Waals surface area contributed by atoms with Gasteiger partial charge in [-0.2, -0.15) is 9.97 Å². The molecule has 3 rings (SSSR count). The lowest BCUT2D eigenvalue weighted by molar-refractivity contribution is 0.193. The molecule has 1 fully saturated rings. The number of piperidine rings is 1. The van der Waals surface area contributed by atoms with Gasteiger partial charge in [-0.25, -0.2) is 4.79 Å². The lowest BCUT2D eigenvalue weighted by Crippen LogP contribution is -2.30. The summed E-state index contributed by atoms with van der Waals surface area (Å²) < 4.78 is 7.43. The minimum atomic E-state index is -0.192. The zero-order valence-corrected chi connectivity index (χ0v) is 16.5. The average Bonchev–Trinajstić information content (AvgIpc) is 2.96. The highest BCUT2D eigenvalue weighted by molar-refractivity contribution is 5.81. The standard InChI is InChI=1S/C19H32N6O2/c1-3-9-14(2)27-18-22-16(20)15-17(23-18)25(19(26)21-15)13-8-7-12-24-10-5-4-6-11-24/h14H,3-13H2,1-2H3,(H,21,26)(H2,20,22,23)/t14-/m0/s1. The highest BCUT2D eigenvalue weighted by Gasteiger charge is 2.16. The molecule has 1 aliphatic rings. The van der Waals surface area contributed by atoms with E-state index < -0.39 is 0 Å². The first-order chi connectivity index (χ1) is 13.1. The second-order valence-electron chi connectivity index (χ2n) is 7.50. The summed E-state index contributed by atoms with van der Waals surface area (Å²) in [4.78, 5) is 26.3. The number of nitrogens with one attached hydrogen (secondary N) is 1. The Kier molecular flexibility index (Phi) is 6.71. The number of nitrogens with zero attached hydrogens (tertiary/aromatic N) is 4. The number of fused-ring (bicyclic) bond motifs is 1. The van der Waals surface area contributed by atoms with Gasteiger partial charge in [-0.1, -0.05) is 19.8 Å². The van der Waals surface area contributed by atoms with Crippen molar-refractivity contribution in [3.63, 3.8) is 0 Å². The predicted octanol–water partition coefficient (Wildman–Crippen LogP) is 2.54.